The third-order valence-electron chi connectivity index (χ3n) is 3.59. The number of anilines is 1. The summed E-state index contributed by atoms with van der Waals surface area (Å²) >= 11 is 0. The Labute approximate surface area is 146 Å². The summed E-state index contributed by atoms with van der Waals surface area (Å²) in [6, 6.07) is 15.4. The first kappa shape index (κ1) is 16.6. The second kappa shape index (κ2) is 8.01. The van der Waals surface area contributed by atoms with Crippen LogP contribution in [0.25, 0.3) is 0 Å². The maximum Gasteiger partial charge on any atom is 0.270 e. The highest BCUT2D eigenvalue weighted by molar-refractivity contribution is 5.92. The van der Waals surface area contributed by atoms with Gasteiger partial charge in [-0.15, -0.1) is 0 Å². The van der Waals surface area contributed by atoms with Gasteiger partial charge in [-0.25, -0.2) is 9.97 Å². The summed E-state index contributed by atoms with van der Waals surface area (Å²) in [5.41, 5.74) is 2.47. The van der Waals surface area contributed by atoms with Gasteiger partial charge in [0, 0.05) is 31.5 Å². The van der Waals surface area contributed by atoms with E-state index in [9.17, 15) is 4.79 Å². The largest absolute Gasteiger partial charge is 0.366 e. The van der Waals surface area contributed by atoms with Crippen molar-refractivity contribution in [1.82, 2.24) is 20.3 Å². The lowest BCUT2D eigenvalue weighted by Crippen LogP contribution is -2.24. The minimum atomic E-state index is -0.231. The molecule has 0 fully saturated rings. The van der Waals surface area contributed by atoms with Crippen LogP contribution in [0.15, 0.2) is 60.9 Å². The van der Waals surface area contributed by atoms with Crippen molar-refractivity contribution in [3.63, 3.8) is 0 Å². The highest BCUT2D eigenvalue weighted by atomic mass is 16.1. The van der Waals surface area contributed by atoms with Crippen LogP contribution < -0.4 is 10.6 Å². The van der Waals surface area contributed by atoms with Crippen LogP contribution in [0, 0.1) is 6.92 Å². The van der Waals surface area contributed by atoms with Crippen molar-refractivity contribution in [3.05, 3.63) is 83.6 Å². The number of rotatable bonds is 6. The number of nitrogens with zero attached hydrogens (tertiary/aromatic N) is 3. The Hall–Kier alpha value is -3.28. The van der Waals surface area contributed by atoms with Crippen LogP contribution in [0.1, 0.15) is 27.4 Å². The summed E-state index contributed by atoms with van der Waals surface area (Å²) in [5, 5.41) is 6.09. The topological polar surface area (TPSA) is 79.8 Å². The molecule has 0 saturated carbocycles. The molecule has 1 aromatic carbocycles. The molecule has 0 aliphatic rings. The highest BCUT2D eigenvalue weighted by Crippen LogP contribution is 2.09. The van der Waals surface area contributed by atoms with Gasteiger partial charge < -0.3 is 10.6 Å². The summed E-state index contributed by atoms with van der Waals surface area (Å²) < 4.78 is 0. The normalized spacial score (nSPS) is 10.3. The average molecular weight is 333 g/mol. The fourth-order valence-corrected chi connectivity index (χ4v) is 2.34. The summed E-state index contributed by atoms with van der Waals surface area (Å²) in [6.45, 7) is 2.83. The standard InChI is InChI=1S/C19H19N5O/c1-14-23-17(19(25)22-13-16-7-9-20-10-8-16)11-18(24-14)21-12-15-5-3-2-4-6-15/h2-11H,12-13H2,1H3,(H,22,25)(H,21,23,24). The molecule has 2 N–H and O–H groups in total. The van der Waals surface area contributed by atoms with Gasteiger partial charge in [0.25, 0.3) is 5.91 Å². The summed E-state index contributed by atoms with van der Waals surface area (Å²) in [6.07, 6.45) is 3.39. The quantitative estimate of drug-likeness (QED) is 0.725. The van der Waals surface area contributed by atoms with E-state index in [1.54, 1.807) is 25.4 Å². The number of hydrogen-bond acceptors (Lipinski definition) is 5. The van der Waals surface area contributed by atoms with Crippen LogP contribution in [0.3, 0.4) is 0 Å². The van der Waals surface area contributed by atoms with Gasteiger partial charge in [0.2, 0.25) is 0 Å². The molecule has 25 heavy (non-hydrogen) atoms. The van der Waals surface area contributed by atoms with Gasteiger partial charge in [0.15, 0.2) is 0 Å². The van der Waals surface area contributed by atoms with Crippen molar-refractivity contribution in [2.24, 2.45) is 0 Å². The molecule has 3 rings (SSSR count). The van der Waals surface area contributed by atoms with Crippen molar-refractivity contribution >= 4 is 11.7 Å². The Morgan fingerprint density at radius 1 is 0.960 bits per heavy atom. The predicted octanol–water partition coefficient (Wildman–Crippen LogP) is 2.72. The molecule has 0 unspecified atom stereocenters. The van der Waals surface area contributed by atoms with Crippen LogP contribution in [0.5, 0.6) is 0 Å². The van der Waals surface area contributed by atoms with Crippen molar-refractivity contribution in [1.29, 1.82) is 0 Å². The maximum atomic E-state index is 12.4. The number of pyridine rings is 1. The Morgan fingerprint density at radius 2 is 1.68 bits per heavy atom. The molecule has 2 aromatic heterocycles. The Bertz CT molecular complexity index is 837. The smallest absolute Gasteiger partial charge is 0.270 e. The van der Waals surface area contributed by atoms with Crippen LogP contribution >= 0.6 is 0 Å². The van der Waals surface area contributed by atoms with Crippen LogP contribution in [0.2, 0.25) is 0 Å². The van der Waals surface area contributed by atoms with E-state index in [0.29, 0.717) is 30.4 Å². The van der Waals surface area contributed by atoms with Gasteiger partial charge in [-0.05, 0) is 30.2 Å². The number of aromatic nitrogens is 3. The zero-order chi connectivity index (χ0) is 17.5. The Balaban J connectivity index is 1.65. The van der Waals surface area contributed by atoms with E-state index in [2.05, 4.69) is 25.6 Å². The van der Waals surface area contributed by atoms with Gasteiger partial charge in [-0.1, -0.05) is 30.3 Å². The molecule has 0 aliphatic heterocycles. The second-order valence-electron chi connectivity index (χ2n) is 5.56. The van der Waals surface area contributed by atoms with E-state index in [-0.39, 0.29) is 5.91 Å². The lowest BCUT2D eigenvalue weighted by Gasteiger charge is -2.09. The number of amides is 1. The molecule has 2 heterocycles. The molecular weight excluding hydrogens is 314 g/mol. The summed E-state index contributed by atoms with van der Waals surface area (Å²) in [4.78, 5) is 24.9. The summed E-state index contributed by atoms with van der Waals surface area (Å²) in [7, 11) is 0. The number of nitrogens with one attached hydrogen (secondary N) is 2. The van der Waals surface area contributed by atoms with Crippen molar-refractivity contribution < 1.29 is 4.79 Å². The van der Waals surface area contributed by atoms with E-state index in [0.717, 1.165) is 11.1 Å². The van der Waals surface area contributed by atoms with Crippen LogP contribution in [-0.2, 0) is 13.1 Å². The summed E-state index contributed by atoms with van der Waals surface area (Å²) in [5.74, 6) is 0.947. The lowest BCUT2D eigenvalue weighted by atomic mass is 10.2. The minimum Gasteiger partial charge on any atom is -0.366 e. The van der Waals surface area contributed by atoms with Gasteiger partial charge in [0.05, 0.1) is 0 Å². The third-order valence-corrected chi connectivity index (χ3v) is 3.59. The van der Waals surface area contributed by atoms with Gasteiger partial charge in [-0.3, -0.25) is 9.78 Å². The van der Waals surface area contributed by atoms with E-state index in [1.165, 1.54) is 0 Å². The van der Waals surface area contributed by atoms with E-state index < -0.39 is 0 Å². The Kier molecular flexibility index (Phi) is 5.31. The molecule has 0 spiro atoms. The van der Waals surface area contributed by atoms with Gasteiger partial charge in [-0.2, -0.15) is 0 Å². The van der Waals surface area contributed by atoms with E-state index in [1.807, 2.05) is 42.5 Å². The molecule has 1 amide bonds. The van der Waals surface area contributed by atoms with Crippen LogP contribution in [0.4, 0.5) is 5.82 Å². The van der Waals surface area contributed by atoms with Crippen molar-refractivity contribution in [3.8, 4) is 0 Å². The van der Waals surface area contributed by atoms with Crippen molar-refractivity contribution in [2.45, 2.75) is 20.0 Å². The molecule has 6 heteroatoms. The molecule has 0 saturated heterocycles. The molecule has 0 aliphatic carbocycles. The number of aryl methyl sites for hydroxylation is 1. The number of carbonyl (C=O) groups excluding carboxylic acids is 1. The molecule has 0 radical (unpaired) electrons. The van der Waals surface area contributed by atoms with Gasteiger partial charge in [0.1, 0.15) is 17.3 Å². The average Bonchev–Trinajstić information content (AvgIpc) is 2.66. The monoisotopic (exact) mass is 333 g/mol. The molecule has 3 aromatic rings. The molecular formula is C19H19N5O. The zero-order valence-electron chi connectivity index (χ0n) is 13.9. The first-order valence-corrected chi connectivity index (χ1v) is 8.01. The molecule has 6 nitrogen and oxygen atoms in total. The fourth-order valence-electron chi connectivity index (χ4n) is 2.34. The fraction of sp³-hybridized carbons (Fsp3) is 0.158. The molecule has 0 bridgehead atoms. The van der Waals surface area contributed by atoms with E-state index >= 15 is 0 Å². The van der Waals surface area contributed by atoms with Gasteiger partial charge >= 0.3 is 0 Å². The second-order valence-corrected chi connectivity index (χ2v) is 5.56. The number of hydrogen-bond donors (Lipinski definition) is 2. The van der Waals surface area contributed by atoms with Crippen LogP contribution in [-0.4, -0.2) is 20.9 Å². The highest BCUT2D eigenvalue weighted by Gasteiger charge is 2.10. The van der Waals surface area contributed by atoms with E-state index in [4.69, 9.17) is 0 Å². The SMILES string of the molecule is Cc1nc(NCc2ccccc2)cc(C(=O)NCc2ccncc2)n1. The minimum absolute atomic E-state index is 0.231. The maximum absolute atomic E-state index is 12.4. The Morgan fingerprint density at radius 3 is 2.44 bits per heavy atom. The third kappa shape index (κ3) is 4.84. The van der Waals surface area contributed by atoms with Crippen molar-refractivity contribution in [2.75, 3.05) is 5.32 Å². The first-order chi connectivity index (χ1) is 12.2. The zero-order valence-corrected chi connectivity index (χ0v) is 13.9. The first-order valence-electron chi connectivity index (χ1n) is 8.01. The molecule has 0 atom stereocenters. The molecule has 126 valence electrons. The lowest BCUT2D eigenvalue weighted by molar-refractivity contribution is 0.0945. The number of benzene rings is 1. The number of carbonyl (C=O) groups is 1. The predicted molar refractivity (Wildman–Crippen MR) is 95.9 cm³/mol.